The van der Waals surface area contributed by atoms with Crippen molar-refractivity contribution < 1.29 is 14.6 Å². The summed E-state index contributed by atoms with van der Waals surface area (Å²) in [7, 11) is 1.49. The smallest absolute Gasteiger partial charge is 0.269 e. The molecular weight excluding hydrogens is 394 g/mol. The Morgan fingerprint density at radius 1 is 1.13 bits per heavy atom. The van der Waals surface area contributed by atoms with E-state index in [1.165, 1.54) is 11.7 Å². The number of ether oxygens (including phenoxy) is 1. The molecule has 2 aromatic heterocycles. The number of nitrogens with zero attached hydrogens (tertiary/aromatic N) is 2. The van der Waals surface area contributed by atoms with Crippen LogP contribution in [0.5, 0.6) is 11.5 Å². The van der Waals surface area contributed by atoms with Gasteiger partial charge in [0.1, 0.15) is 22.7 Å². The summed E-state index contributed by atoms with van der Waals surface area (Å²) < 4.78 is 6.70. The molecule has 7 heteroatoms. The Balaban J connectivity index is 1.85. The van der Waals surface area contributed by atoms with Crippen LogP contribution in [0.2, 0.25) is 0 Å². The highest BCUT2D eigenvalue weighted by atomic mass is 16.5. The van der Waals surface area contributed by atoms with E-state index in [1.54, 1.807) is 30.5 Å². The highest BCUT2D eigenvalue weighted by Gasteiger charge is 2.24. The van der Waals surface area contributed by atoms with Crippen LogP contribution in [0.1, 0.15) is 21.5 Å². The fourth-order valence-electron chi connectivity index (χ4n) is 3.49. The molecule has 1 amide bonds. The van der Waals surface area contributed by atoms with Crippen LogP contribution >= 0.6 is 0 Å². The number of nitrogens with one attached hydrogen (secondary N) is 1. The van der Waals surface area contributed by atoms with Gasteiger partial charge in [0.05, 0.1) is 24.7 Å². The lowest BCUT2D eigenvalue weighted by Crippen LogP contribution is -2.30. The number of methoxy groups -OCH3 is 1. The highest BCUT2D eigenvalue weighted by Crippen LogP contribution is 2.29. The third-order valence-electron chi connectivity index (χ3n) is 5.01. The molecule has 2 aromatic carbocycles. The number of anilines is 1. The molecule has 0 saturated heterocycles. The average Bonchev–Trinajstić information content (AvgIpc) is 2.77. The summed E-state index contributed by atoms with van der Waals surface area (Å²) in [5.41, 5.74) is 1.51. The van der Waals surface area contributed by atoms with Crippen molar-refractivity contribution in [1.29, 1.82) is 0 Å². The summed E-state index contributed by atoms with van der Waals surface area (Å²) in [4.78, 5) is 30.7. The van der Waals surface area contributed by atoms with E-state index in [0.717, 1.165) is 11.1 Å². The number of aryl methyl sites for hydroxylation is 1. The fourth-order valence-corrected chi connectivity index (χ4v) is 3.49. The van der Waals surface area contributed by atoms with E-state index >= 15 is 0 Å². The summed E-state index contributed by atoms with van der Waals surface area (Å²) in [6.45, 7) is 2.09. The molecule has 0 fully saturated rings. The Morgan fingerprint density at radius 2 is 1.90 bits per heavy atom. The first kappa shape index (κ1) is 20.2. The van der Waals surface area contributed by atoms with Crippen molar-refractivity contribution in [3.05, 3.63) is 93.9 Å². The number of benzene rings is 2. The Hall–Kier alpha value is -4.13. The number of fused-ring (bicyclic) bond motifs is 1. The van der Waals surface area contributed by atoms with Crippen LogP contribution in [0.3, 0.4) is 0 Å². The van der Waals surface area contributed by atoms with Crippen molar-refractivity contribution in [1.82, 2.24) is 9.55 Å². The number of hydrogen-bond donors (Lipinski definition) is 2. The van der Waals surface area contributed by atoms with E-state index in [9.17, 15) is 14.7 Å². The molecule has 4 aromatic rings. The van der Waals surface area contributed by atoms with Crippen LogP contribution in [0, 0.1) is 6.92 Å². The van der Waals surface area contributed by atoms with Crippen molar-refractivity contribution in [2.24, 2.45) is 0 Å². The fraction of sp³-hybridized carbons (Fsp3) is 0.125. The maximum Gasteiger partial charge on any atom is 0.269 e. The Kier molecular flexibility index (Phi) is 5.41. The number of carbonyl (C=O) groups excluding carboxylic acids is 1. The second-order valence-electron chi connectivity index (χ2n) is 7.13. The highest BCUT2D eigenvalue weighted by molar-refractivity contribution is 6.09. The minimum absolute atomic E-state index is 0.210. The molecule has 31 heavy (non-hydrogen) atoms. The lowest BCUT2D eigenvalue weighted by atomic mass is 10.1. The van der Waals surface area contributed by atoms with Crippen LogP contribution in [0.4, 0.5) is 5.69 Å². The van der Waals surface area contributed by atoms with Crippen LogP contribution < -0.4 is 15.6 Å². The maximum absolute atomic E-state index is 13.3. The zero-order valence-corrected chi connectivity index (χ0v) is 17.1. The topological polar surface area (TPSA) is 93.4 Å². The zero-order valence-electron chi connectivity index (χ0n) is 17.1. The SMILES string of the molecule is COc1ccc(C)cc1NC(=O)c1c(O)c2cccnc2n(Cc2ccccc2)c1=O. The molecule has 0 spiro atoms. The molecule has 156 valence electrons. The lowest BCUT2D eigenvalue weighted by molar-refractivity contribution is 0.102. The first-order valence-corrected chi connectivity index (χ1v) is 9.70. The molecule has 4 rings (SSSR count). The van der Waals surface area contributed by atoms with Crippen LogP contribution in [-0.4, -0.2) is 27.7 Å². The second kappa shape index (κ2) is 8.31. The largest absolute Gasteiger partial charge is 0.506 e. The monoisotopic (exact) mass is 415 g/mol. The van der Waals surface area contributed by atoms with Gasteiger partial charge in [0.25, 0.3) is 11.5 Å². The van der Waals surface area contributed by atoms with Crippen LogP contribution in [0.25, 0.3) is 11.0 Å². The van der Waals surface area contributed by atoms with E-state index in [0.29, 0.717) is 22.5 Å². The molecule has 0 aliphatic carbocycles. The normalized spacial score (nSPS) is 10.8. The van der Waals surface area contributed by atoms with Crippen molar-refractivity contribution in [3.63, 3.8) is 0 Å². The molecule has 0 aliphatic rings. The molecule has 7 nitrogen and oxygen atoms in total. The van der Waals surface area contributed by atoms with Gasteiger partial charge in [-0.1, -0.05) is 36.4 Å². The standard InChI is InChI=1S/C24H21N3O4/c1-15-10-11-19(31-2)18(13-15)26-23(29)20-21(28)17-9-6-12-25-22(17)27(24(20)30)14-16-7-4-3-5-8-16/h3-13,28H,14H2,1-2H3,(H,26,29). The maximum atomic E-state index is 13.3. The van der Waals surface area contributed by atoms with Gasteiger partial charge in [0.15, 0.2) is 0 Å². The van der Waals surface area contributed by atoms with E-state index in [-0.39, 0.29) is 12.1 Å². The van der Waals surface area contributed by atoms with Crippen LogP contribution in [0.15, 0.2) is 71.7 Å². The van der Waals surface area contributed by atoms with Crippen molar-refractivity contribution in [2.45, 2.75) is 13.5 Å². The van der Waals surface area contributed by atoms with Crippen LogP contribution in [-0.2, 0) is 6.54 Å². The molecule has 0 unspecified atom stereocenters. The summed E-state index contributed by atoms with van der Waals surface area (Å²) in [6, 6.07) is 18.0. The van der Waals surface area contributed by atoms with E-state index in [4.69, 9.17) is 4.74 Å². The number of aromatic nitrogens is 2. The quantitative estimate of drug-likeness (QED) is 0.518. The molecule has 0 aliphatic heterocycles. The first-order chi connectivity index (χ1) is 15.0. The molecule has 2 N–H and O–H groups in total. The minimum Gasteiger partial charge on any atom is -0.506 e. The summed E-state index contributed by atoms with van der Waals surface area (Å²) >= 11 is 0. The number of hydrogen-bond acceptors (Lipinski definition) is 5. The van der Waals surface area contributed by atoms with Crippen molar-refractivity contribution in [3.8, 4) is 11.5 Å². The first-order valence-electron chi connectivity index (χ1n) is 9.70. The molecule has 0 saturated carbocycles. The molecule has 0 radical (unpaired) electrons. The number of aromatic hydroxyl groups is 1. The van der Waals surface area contributed by atoms with Gasteiger partial charge in [-0.25, -0.2) is 4.98 Å². The number of carbonyl (C=O) groups is 1. The zero-order chi connectivity index (χ0) is 22.0. The second-order valence-corrected chi connectivity index (χ2v) is 7.13. The van der Waals surface area contributed by atoms with Gasteiger partial charge in [-0.05, 0) is 42.3 Å². The van der Waals surface area contributed by atoms with E-state index in [2.05, 4.69) is 10.3 Å². The van der Waals surface area contributed by atoms with Crippen molar-refractivity contribution >= 4 is 22.6 Å². The number of amides is 1. The molecule has 2 heterocycles. The summed E-state index contributed by atoms with van der Waals surface area (Å²) in [6.07, 6.45) is 1.54. The predicted octanol–water partition coefficient (Wildman–Crippen LogP) is 3.72. The number of rotatable bonds is 5. The third kappa shape index (κ3) is 3.85. The van der Waals surface area contributed by atoms with E-state index in [1.807, 2.05) is 43.3 Å². The lowest BCUT2D eigenvalue weighted by Gasteiger charge is -2.15. The summed E-state index contributed by atoms with van der Waals surface area (Å²) in [5.74, 6) is -0.675. The molecule has 0 atom stereocenters. The molecular formula is C24H21N3O4. The van der Waals surface area contributed by atoms with Gasteiger partial charge in [0, 0.05) is 6.20 Å². The minimum atomic E-state index is -0.723. The number of pyridine rings is 2. The Morgan fingerprint density at radius 3 is 2.65 bits per heavy atom. The Labute approximate surface area is 178 Å². The van der Waals surface area contributed by atoms with E-state index < -0.39 is 17.2 Å². The predicted molar refractivity (Wildman–Crippen MR) is 119 cm³/mol. The van der Waals surface area contributed by atoms with Gasteiger partial charge in [-0.15, -0.1) is 0 Å². The average molecular weight is 415 g/mol. The van der Waals surface area contributed by atoms with Gasteiger partial charge in [-0.2, -0.15) is 0 Å². The van der Waals surface area contributed by atoms with Crippen molar-refractivity contribution in [2.75, 3.05) is 12.4 Å². The third-order valence-corrected chi connectivity index (χ3v) is 5.01. The molecule has 0 bridgehead atoms. The van der Waals surface area contributed by atoms with Gasteiger partial charge < -0.3 is 15.2 Å². The van der Waals surface area contributed by atoms with Gasteiger partial charge in [-0.3, -0.25) is 14.2 Å². The Bertz CT molecular complexity index is 1330. The van der Waals surface area contributed by atoms with Gasteiger partial charge in [0.2, 0.25) is 0 Å². The summed E-state index contributed by atoms with van der Waals surface area (Å²) in [5, 5.41) is 13.8. The van der Waals surface area contributed by atoms with Gasteiger partial charge >= 0.3 is 0 Å².